The summed E-state index contributed by atoms with van der Waals surface area (Å²) in [7, 11) is -1.93. The smallest absolute Gasteiger partial charge is 0.130 e. The molecule has 0 N–H and O–H groups in total. The van der Waals surface area contributed by atoms with Crippen LogP contribution in [0.2, 0.25) is 0 Å². The van der Waals surface area contributed by atoms with Crippen molar-refractivity contribution in [1.82, 2.24) is 0 Å². The third kappa shape index (κ3) is 5.17. The molecule has 0 aliphatic carbocycles. The lowest BCUT2D eigenvalue weighted by atomic mass is 10.3. The molecule has 6 heteroatoms. The first-order valence-corrected chi connectivity index (χ1v) is 13.9. The number of ether oxygens (including phenoxy) is 2. The number of methoxy groups -OCH3 is 2. The fourth-order valence-electron chi connectivity index (χ4n) is 3.65. The maximum absolute atomic E-state index is 13.7. The molecule has 26 heavy (non-hydrogen) atoms. The minimum atomic E-state index is -2.56. The average molecular weight is 402 g/mol. The van der Waals surface area contributed by atoms with Crippen LogP contribution in [-0.4, -0.2) is 38.9 Å². The van der Waals surface area contributed by atoms with Crippen molar-refractivity contribution in [2.45, 2.75) is 53.4 Å². The Kier molecular flexibility index (Phi) is 9.48. The molecule has 0 radical (unpaired) electrons. The van der Waals surface area contributed by atoms with Gasteiger partial charge in [0.2, 0.25) is 0 Å². The molecule has 0 spiro atoms. The molecule has 0 aliphatic rings. The zero-order valence-electron chi connectivity index (χ0n) is 17.3. The summed E-state index contributed by atoms with van der Waals surface area (Å²) in [4.78, 5) is 0. The molecule has 1 aromatic rings. The van der Waals surface area contributed by atoms with E-state index in [0.29, 0.717) is 36.1 Å². The Morgan fingerprint density at radius 1 is 0.654 bits per heavy atom. The summed E-state index contributed by atoms with van der Waals surface area (Å²) >= 11 is 0. The van der Waals surface area contributed by atoms with Gasteiger partial charge in [-0.3, -0.25) is 0 Å². The molecule has 150 valence electrons. The van der Waals surface area contributed by atoms with Crippen LogP contribution in [0.25, 0.3) is 0 Å². The van der Waals surface area contributed by atoms with E-state index in [9.17, 15) is 9.13 Å². The molecule has 0 saturated carbocycles. The lowest BCUT2D eigenvalue weighted by Gasteiger charge is -2.25. The van der Waals surface area contributed by atoms with Crippen LogP contribution < -0.4 is 20.1 Å². The largest absolute Gasteiger partial charge is 0.496 e. The van der Waals surface area contributed by atoms with Gasteiger partial charge in [0.05, 0.1) is 24.8 Å². The highest BCUT2D eigenvalue weighted by Gasteiger charge is 2.33. The Labute approximate surface area is 159 Å². The second-order valence-corrected chi connectivity index (χ2v) is 13.2. The van der Waals surface area contributed by atoms with Gasteiger partial charge in [0.15, 0.2) is 0 Å². The summed E-state index contributed by atoms with van der Waals surface area (Å²) < 4.78 is 38.6. The van der Waals surface area contributed by atoms with E-state index in [-0.39, 0.29) is 0 Å². The molecule has 0 bridgehead atoms. The molecule has 0 aromatic heterocycles. The average Bonchev–Trinajstić information content (AvgIpc) is 2.61. The lowest BCUT2D eigenvalue weighted by Crippen LogP contribution is -2.21. The monoisotopic (exact) mass is 402 g/mol. The molecule has 0 heterocycles. The Bertz CT molecular complexity index is 592. The zero-order chi connectivity index (χ0) is 19.8. The summed E-state index contributed by atoms with van der Waals surface area (Å²) in [5.74, 6) is 1.19. The maximum Gasteiger partial charge on any atom is 0.130 e. The van der Waals surface area contributed by atoms with Crippen LogP contribution in [0.5, 0.6) is 11.5 Å². The maximum atomic E-state index is 13.7. The molecular weight excluding hydrogens is 366 g/mol. The second kappa shape index (κ2) is 10.6. The van der Waals surface area contributed by atoms with Crippen LogP contribution in [0.1, 0.15) is 53.4 Å². The van der Waals surface area contributed by atoms with Crippen LogP contribution in [0.3, 0.4) is 0 Å². The summed E-state index contributed by atoms with van der Waals surface area (Å²) in [5, 5.41) is 1.48. The van der Waals surface area contributed by atoms with Crippen molar-refractivity contribution in [3.8, 4) is 11.5 Å². The fraction of sp³-hybridized carbons (Fsp3) is 0.700. The number of hydrogen-bond acceptors (Lipinski definition) is 4. The molecule has 0 aliphatic heterocycles. The molecule has 0 fully saturated rings. The minimum absolute atomic E-state index is 0.596. The summed E-state index contributed by atoms with van der Waals surface area (Å²) in [5.41, 5.74) is 0. The van der Waals surface area contributed by atoms with E-state index in [1.165, 1.54) is 0 Å². The van der Waals surface area contributed by atoms with Gasteiger partial charge in [0, 0.05) is 24.6 Å². The van der Waals surface area contributed by atoms with Crippen LogP contribution >= 0.6 is 14.3 Å². The Morgan fingerprint density at radius 2 is 0.923 bits per heavy atom. The van der Waals surface area contributed by atoms with Crippen molar-refractivity contribution < 1.29 is 18.6 Å². The van der Waals surface area contributed by atoms with Gasteiger partial charge in [-0.25, -0.2) is 0 Å². The Hall–Kier alpha value is -0.720. The van der Waals surface area contributed by atoms with Crippen molar-refractivity contribution in [2.24, 2.45) is 0 Å². The van der Waals surface area contributed by atoms with Crippen LogP contribution in [0.15, 0.2) is 12.1 Å². The SMILES string of the molecule is CCCP(=O)(CCC)c1cc(OC)c(P(=O)(CCC)CCC)cc1OC. The van der Waals surface area contributed by atoms with Gasteiger partial charge in [-0.1, -0.05) is 27.7 Å². The molecule has 0 saturated heterocycles. The van der Waals surface area contributed by atoms with Gasteiger partial charge in [-0.05, 0) is 37.8 Å². The van der Waals surface area contributed by atoms with Crippen molar-refractivity contribution in [3.05, 3.63) is 12.1 Å². The third-order valence-electron chi connectivity index (χ3n) is 4.70. The highest BCUT2D eigenvalue weighted by molar-refractivity contribution is 7.72. The van der Waals surface area contributed by atoms with Crippen molar-refractivity contribution in [1.29, 1.82) is 0 Å². The quantitative estimate of drug-likeness (QED) is 0.444. The van der Waals surface area contributed by atoms with Crippen molar-refractivity contribution in [3.63, 3.8) is 0 Å². The number of benzene rings is 1. The highest BCUT2D eigenvalue weighted by atomic mass is 31.2. The second-order valence-electron chi connectivity index (χ2n) is 6.87. The normalized spacial score (nSPS) is 12.2. The fourth-order valence-corrected chi connectivity index (χ4v) is 9.77. The standard InChI is InChI=1S/C20H36O4P2/c1-7-11-25(21,12-8-2)19-15-18(24-6)20(16-17(19)23-5)26(22,13-9-3)14-10-4/h15-16H,7-14H2,1-6H3. The van der Waals surface area contributed by atoms with Crippen molar-refractivity contribution in [2.75, 3.05) is 38.9 Å². The van der Waals surface area contributed by atoms with E-state index in [4.69, 9.17) is 9.47 Å². The van der Waals surface area contributed by atoms with Crippen molar-refractivity contribution >= 4 is 24.9 Å². The van der Waals surface area contributed by atoms with E-state index in [2.05, 4.69) is 27.7 Å². The lowest BCUT2D eigenvalue weighted by molar-refractivity contribution is 0.408. The van der Waals surface area contributed by atoms with E-state index < -0.39 is 14.3 Å². The topological polar surface area (TPSA) is 52.6 Å². The van der Waals surface area contributed by atoms with E-state index in [0.717, 1.165) is 36.3 Å². The molecule has 0 unspecified atom stereocenters. The first kappa shape index (κ1) is 23.3. The Morgan fingerprint density at radius 3 is 1.12 bits per heavy atom. The first-order valence-electron chi connectivity index (χ1n) is 9.79. The number of rotatable bonds is 12. The molecule has 4 nitrogen and oxygen atoms in total. The summed E-state index contributed by atoms with van der Waals surface area (Å²) in [6.07, 6.45) is 6.04. The summed E-state index contributed by atoms with van der Waals surface area (Å²) in [6.45, 7) is 8.21. The van der Waals surface area contributed by atoms with E-state index >= 15 is 0 Å². The van der Waals surface area contributed by atoms with Gasteiger partial charge < -0.3 is 18.6 Å². The molecule has 0 amide bonds. The van der Waals surface area contributed by atoms with E-state index in [1.54, 1.807) is 14.2 Å². The number of hydrogen-bond donors (Lipinski definition) is 0. The van der Waals surface area contributed by atoms with Crippen LogP contribution in [0, 0.1) is 0 Å². The molecular formula is C20H36O4P2. The first-order chi connectivity index (χ1) is 12.4. The predicted octanol–water partition coefficient (Wildman–Crippen LogP) is 5.32. The van der Waals surface area contributed by atoms with E-state index in [1.807, 2.05) is 12.1 Å². The highest BCUT2D eigenvalue weighted by Crippen LogP contribution is 2.52. The molecule has 0 atom stereocenters. The summed E-state index contributed by atoms with van der Waals surface area (Å²) in [6, 6.07) is 3.69. The van der Waals surface area contributed by atoms with Crippen LogP contribution in [0.4, 0.5) is 0 Å². The Balaban J connectivity index is 3.65. The molecule has 1 rings (SSSR count). The van der Waals surface area contributed by atoms with Gasteiger partial charge in [0.25, 0.3) is 0 Å². The van der Waals surface area contributed by atoms with Gasteiger partial charge >= 0.3 is 0 Å². The van der Waals surface area contributed by atoms with Gasteiger partial charge in [0.1, 0.15) is 25.8 Å². The molecule has 1 aromatic carbocycles. The van der Waals surface area contributed by atoms with Gasteiger partial charge in [-0.2, -0.15) is 0 Å². The predicted molar refractivity (Wildman–Crippen MR) is 115 cm³/mol. The van der Waals surface area contributed by atoms with Crippen LogP contribution in [-0.2, 0) is 9.13 Å². The van der Waals surface area contributed by atoms with Gasteiger partial charge in [-0.15, -0.1) is 0 Å². The minimum Gasteiger partial charge on any atom is -0.496 e. The zero-order valence-corrected chi connectivity index (χ0v) is 19.1. The third-order valence-corrected chi connectivity index (χ3v) is 11.8.